The zero-order valence-corrected chi connectivity index (χ0v) is 19.0. The summed E-state index contributed by atoms with van der Waals surface area (Å²) in [6, 6.07) is 5.93. The molecule has 0 spiro atoms. The van der Waals surface area contributed by atoms with Crippen LogP contribution in [0.1, 0.15) is 54.7 Å². The molecule has 2 N–H and O–H groups in total. The molecule has 4 rings (SSSR count). The van der Waals surface area contributed by atoms with Crippen molar-refractivity contribution >= 4 is 10.9 Å². The fourth-order valence-electron chi connectivity index (χ4n) is 4.50. The van der Waals surface area contributed by atoms with Crippen molar-refractivity contribution in [1.29, 1.82) is 0 Å². The van der Waals surface area contributed by atoms with Gasteiger partial charge in [-0.15, -0.1) is 5.10 Å². The van der Waals surface area contributed by atoms with Gasteiger partial charge in [-0.05, 0) is 78.2 Å². The first kappa shape index (κ1) is 22.6. The number of H-pyrrole nitrogens is 1. The van der Waals surface area contributed by atoms with E-state index in [1.165, 1.54) is 5.56 Å². The number of aromatic amines is 1. The van der Waals surface area contributed by atoms with Gasteiger partial charge in [0.2, 0.25) is 0 Å². The maximum Gasteiger partial charge on any atom is 0.252 e. The summed E-state index contributed by atoms with van der Waals surface area (Å²) >= 11 is 0. The Morgan fingerprint density at radius 1 is 1.31 bits per heavy atom. The predicted molar refractivity (Wildman–Crippen MR) is 121 cm³/mol. The number of rotatable bonds is 9. The maximum absolute atomic E-state index is 12.9. The Bertz CT molecular complexity index is 1120. The number of fused-ring (bicyclic) bond motifs is 1. The highest BCUT2D eigenvalue weighted by Crippen LogP contribution is 2.25. The minimum Gasteiger partial charge on any atom is -0.395 e. The van der Waals surface area contributed by atoms with Gasteiger partial charge in [-0.3, -0.25) is 9.69 Å². The molecule has 9 nitrogen and oxygen atoms in total. The Labute approximate surface area is 187 Å². The number of nitrogens with zero attached hydrogens (tertiary/aromatic N) is 5. The number of nitrogens with one attached hydrogen (secondary N) is 1. The first-order chi connectivity index (χ1) is 15.5. The molecule has 1 aliphatic heterocycles. The molecule has 0 saturated carbocycles. The van der Waals surface area contributed by atoms with Crippen LogP contribution in [0, 0.1) is 13.8 Å². The van der Waals surface area contributed by atoms with Crippen LogP contribution >= 0.6 is 0 Å². The number of hydrogen-bond acceptors (Lipinski definition) is 7. The second-order valence-corrected chi connectivity index (χ2v) is 8.62. The fourth-order valence-corrected chi connectivity index (χ4v) is 4.50. The number of aromatic nitrogens is 5. The van der Waals surface area contributed by atoms with Gasteiger partial charge in [0, 0.05) is 30.8 Å². The van der Waals surface area contributed by atoms with E-state index in [1.807, 2.05) is 23.7 Å². The lowest BCUT2D eigenvalue weighted by Gasteiger charge is -2.29. The van der Waals surface area contributed by atoms with Crippen molar-refractivity contribution in [2.45, 2.75) is 65.3 Å². The molecule has 1 aliphatic rings. The van der Waals surface area contributed by atoms with E-state index in [2.05, 4.69) is 45.3 Å². The second-order valence-electron chi connectivity index (χ2n) is 8.62. The topological polar surface area (TPSA) is 109 Å². The van der Waals surface area contributed by atoms with Crippen molar-refractivity contribution in [1.82, 2.24) is 30.1 Å². The number of aliphatic hydroxyl groups excluding tert-OH is 1. The van der Waals surface area contributed by atoms with Gasteiger partial charge in [-0.25, -0.2) is 4.68 Å². The summed E-state index contributed by atoms with van der Waals surface area (Å²) in [5, 5.41) is 23.2. The Balaban J connectivity index is 1.63. The predicted octanol–water partition coefficient (Wildman–Crippen LogP) is 2.26. The summed E-state index contributed by atoms with van der Waals surface area (Å²) in [6.07, 6.45) is 2.92. The average molecular weight is 441 g/mol. The Kier molecular flexibility index (Phi) is 6.98. The van der Waals surface area contributed by atoms with Gasteiger partial charge >= 0.3 is 0 Å². The molecule has 2 unspecified atom stereocenters. The molecular formula is C23H32N6O3. The lowest BCUT2D eigenvalue weighted by atomic mass is 10.0. The summed E-state index contributed by atoms with van der Waals surface area (Å²) < 4.78 is 7.57. The number of pyridine rings is 1. The average Bonchev–Trinajstić information content (AvgIpc) is 3.44. The van der Waals surface area contributed by atoms with Crippen LogP contribution in [0.25, 0.3) is 10.9 Å². The number of ether oxygens (including phenoxy) is 1. The molecule has 1 saturated heterocycles. The molecule has 3 heterocycles. The first-order valence-electron chi connectivity index (χ1n) is 11.4. The molecule has 0 radical (unpaired) electrons. The van der Waals surface area contributed by atoms with Crippen LogP contribution in [0.15, 0.2) is 23.0 Å². The van der Waals surface area contributed by atoms with E-state index in [0.717, 1.165) is 48.2 Å². The van der Waals surface area contributed by atoms with Crippen LogP contribution in [0.5, 0.6) is 0 Å². The summed E-state index contributed by atoms with van der Waals surface area (Å²) in [6.45, 7) is 8.35. The molecule has 0 amide bonds. The molecule has 9 heteroatoms. The summed E-state index contributed by atoms with van der Waals surface area (Å²) in [5.41, 5.74) is 3.71. The van der Waals surface area contributed by atoms with Crippen molar-refractivity contribution in [3.63, 3.8) is 0 Å². The van der Waals surface area contributed by atoms with Crippen molar-refractivity contribution in [3.8, 4) is 0 Å². The Hall–Kier alpha value is -2.62. The molecule has 2 aromatic heterocycles. The van der Waals surface area contributed by atoms with Crippen molar-refractivity contribution in [2.75, 3.05) is 19.8 Å². The van der Waals surface area contributed by atoms with Gasteiger partial charge in [-0.1, -0.05) is 6.92 Å². The van der Waals surface area contributed by atoms with E-state index in [1.54, 1.807) is 0 Å². The fraction of sp³-hybridized carbons (Fsp3) is 0.565. The Morgan fingerprint density at radius 2 is 2.12 bits per heavy atom. The quantitative estimate of drug-likeness (QED) is 0.525. The third-order valence-electron chi connectivity index (χ3n) is 6.38. The van der Waals surface area contributed by atoms with Crippen LogP contribution in [-0.4, -0.2) is 61.1 Å². The van der Waals surface area contributed by atoms with E-state index < -0.39 is 0 Å². The lowest BCUT2D eigenvalue weighted by Crippen LogP contribution is -2.35. The molecule has 3 aromatic rings. The van der Waals surface area contributed by atoms with E-state index >= 15 is 0 Å². The molecule has 0 aliphatic carbocycles. The molecule has 1 fully saturated rings. The highest BCUT2D eigenvalue weighted by Gasteiger charge is 2.27. The highest BCUT2D eigenvalue weighted by molar-refractivity contribution is 5.80. The van der Waals surface area contributed by atoms with Crippen molar-refractivity contribution < 1.29 is 9.84 Å². The first-order valence-corrected chi connectivity index (χ1v) is 11.4. The summed E-state index contributed by atoms with van der Waals surface area (Å²) in [4.78, 5) is 18.0. The largest absolute Gasteiger partial charge is 0.395 e. The van der Waals surface area contributed by atoms with Gasteiger partial charge in [-0.2, -0.15) is 0 Å². The van der Waals surface area contributed by atoms with Crippen LogP contribution in [-0.2, 0) is 17.8 Å². The van der Waals surface area contributed by atoms with E-state index in [4.69, 9.17) is 4.74 Å². The molecule has 0 bridgehead atoms. The maximum atomic E-state index is 12.9. The summed E-state index contributed by atoms with van der Waals surface area (Å²) in [7, 11) is 0. The zero-order chi connectivity index (χ0) is 22.7. The van der Waals surface area contributed by atoms with E-state index in [9.17, 15) is 9.90 Å². The number of aliphatic hydroxyl groups is 1. The van der Waals surface area contributed by atoms with Gasteiger partial charge in [0.05, 0.1) is 25.3 Å². The number of tetrazole rings is 1. The van der Waals surface area contributed by atoms with Crippen LogP contribution in [0.2, 0.25) is 0 Å². The standard InChI is InChI=1S/C23H32N6O3/c1-4-21(22-25-26-27-29(22)14-19-6-5-9-32-19)28(7-8-30)13-18-12-17-10-15(2)16(3)11-20(17)24-23(18)31/h10-12,19,21,30H,4-9,13-14H2,1-3H3,(H,24,31). The zero-order valence-electron chi connectivity index (χ0n) is 19.0. The lowest BCUT2D eigenvalue weighted by molar-refractivity contribution is 0.0875. The van der Waals surface area contributed by atoms with E-state index in [-0.39, 0.29) is 24.3 Å². The van der Waals surface area contributed by atoms with Gasteiger partial charge < -0.3 is 14.8 Å². The van der Waals surface area contributed by atoms with Crippen LogP contribution < -0.4 is 5.56 Å². The van der Waals surface area contributed by atoms with Gasteiger partial charge in [0.1, 0.15) is 0 Å². The summed E-state index contributed by atoms with van der Waals surface area (Å²) in [5.74, 6) is 0.736. The van der Waals surface area contributed by atoms with E-state index in [0.29, 0.717) is 25.2 Å². The minimum absolute atomic E-state index is 0.0202. The third kappa shape index (κ3) is 4.74. The molecule has 172 valence electrons. The normalized spacial score (nSPS) is 17.5. The molecule has 32 heavy (non-hydrogen) atoms. The molecular weight excluding hydrogens is 408 g/mol. The number of benzene rings is 1. The third-order valence-corrected chi connectivity index (χ3v) is 6.38. The monoisotopic (exact) mass is 440 g/mol. The molecule has 1 aromatic carbocycles. The SMILES string of the molecule is CCC(c1nnnn1CC1CCCO1)N(CCO)Cc1cc2cc(C)c(C)cc2[nH]c1=O. The number of hydrogen-bond donors (Lipinski definition) is 2. The van der Waals surface area contributed by atoms with Crippen molar-refractivity contribution in [3.05, 3.63) is 51.1 Å². The molecule has 2 atom stereocenters. The van der Waals surface area contributed by atoms with Crippen LogP contribution in [0.3, 0.4) is 0 Å². The van der Waals surface area contributed by atoms with Crippen LogP contribution in [0.4, 0.5) is 0 Å². The Morgan fingerprint density at radius 3 is 2.84 bits per heavy atom. The highest BCUT2D eigenvalue weighted by atomic mass is 16.5. The minimum atomic E-state index is -0.131. The van der Waals surface area contributed by atoms with Gasteiger partial charge in [0.15, 0.2) is 5.82 Å². The smallest absolute Gasteiger partial charge is 0.252 e. The van der Waals surface area contributed by atoms with Gasteiger partial charge in [0.25, 0.3) is 5.56 Å². The van der Waals surface area contributed by atoms with Crippen molar-refractivity contribution in [2.24, 2.45) is 0 Å². The second kappa shape index (κ2) is 9.89. The number of aryl methyl sites for hydroxylation is 2.